The maximum atomic E-state index is 13.5. The van der Waals surface area contributed by atoms with Gasteiger partial charge >= 0.3 is 11.8 Å². The Morgan fingerprint density at radius 2 is 2.05 bits per heavy atom. The van der Waals surface area contributed by atoms with Crippen LogP contribution in [0.25, 0.3) is 0 Å². The molecule has 0 aliphatic heterocycles. The minimum atomic E-state index is -0.948. The molecule has 0 aromatic heterocycles. The summed E-state index contributed by atoms with van der Waals surface area (Å²) in [6.45, 7) is 1.76. The number of hydrogen-bond acceptors (Lipinski definition) is 3. The Kier molecular flexibility index (Phi) is 4.04. The summed E-state index contributed by atoms with van der Waals surface area (Å²) in [6.07, 6.45) is 2.14. The molecule has 1 fully saturated rings. The van der Waals surface area contributed by atoms with E-state index in [-0.39, 0.29) is 12.2 Å². The normalized spacial score (nSPS) is 16.1. The summed E-state index contributed by atoms with van der Waals surface area (Å²) in [5.41, 5.74) is -0.222. The number of amides is 2. The molecule has 1 aromatic rings. The second-order valence-electron chi connectivity index (χ2n) is 5.20. The van der Waals surface area contributed by atoms with Crippen LogP contribution in [0.2, 0.25) is 0 Å². The van der Waals surface area contributed by atoms with Crippen LogP contribution in [0.4, 0.5) is 10.1 Å². The van der Waals surface area contributed by atoms with E-state index in [1.807, 2.05) is 0 Å². The van der Waals surface area contributed by atoms with E-state index in [1.54, 1.807) is 13.0 Å². The van der Waals surface area contributed by atoms with E-state index >= 15 is 0 Å². The van der Waals surface area contributed by atoms with Crippen LogP contribution in [0.3, 0.4) is 0 Å². The SMILES string of the molecule is Cc1ccc(NC(=O)C(=O)NCC2(O)CCC2)c(F)c1. The van der Waals surface area contributed by atoms with E-state index < -0.39 is 23.2 Å². The molecular formula is C14H17FN2O3. The lowest BCUT2D eigenvalue weighted by Crippen LogP contribution is -2.49. The zero-order chi connectivity index (χ0) is 14.8. The first-order chi connectivity index (χ1) is 9.39. The number of carbonyl (C=O) groups excluding carboxylic acids is 2. The van der Waals surface area contributed by atoms with Crippen molar-refractivity contribution in [3.63, 3.8) is 0 Å². The van der Waals surface area contributed by atoms with Gasteiger partial charge in [-0.2, -0.15) is 0 Å². The standard InChI is InChI=1S/C14H17FN2O3/c1-9-3-4-11(10(15)7-9)17-13(19)12(18)16-8-14(20)5-2-6-14/h3-4,7,20H,2,5-6,8H2,1H3,(H,16,18)(H,17,19). The lowest BCUT2D eigenvalue weighted by molar-refractivity contribution is -0.137. The van der Waals surface area contributed by atoms with Gasteiger partial charge in [-0.05, 0) is 43.9 Å². The molecule has 3 N–H and O–H groups in total. The van der Waals surface area contributed by atoms with E-state index in [2.05, 4.69) is 10.6 Å². The van der Waals surface area contributed by atoms with E-state index in [4.69, 9.17) is 0 Å². The van der Waals surface area contributed by atoms with Gasteiger partial charge < -0.3 is 15.7 Å². The molecule has 6 heteroatoms. The minimum Gasteiger partial charge on any atom is -0.388 e. The summed E-state index contributed by atoms with van der Waals surface area (Å²) < 4.78 is 13.5. The lowest BCUT2D eigenvalue weighted by Gasteiger charge is -2.36. The minimum absolute atomic E-state index is 0.0373. The zero-order valence-corrected chi connectivity index (χ0v) is 11.2. The molecule has 0 bridgehead atoms. The Balaban J connectivity index is 1.88. The van der Waals surface area contributed by atoms with E-state index in [1.165, 1.54) is 12.1 Å². The average Bonchev–Trinajstić information content (AvgIpc) is 2.36. The Morgan fingerprint density at radius 1 is 1.35 bits per heavy atom. The van der Waals surface area contributed by atoms with Crippen LogP contribution in [0.5, 0.6) is 0 Å². The molecule has 108 valence electrons. The monoisotopic (exact) mass is 280 g/mol. The second kappa shape index (κ2) is 5.58. The highest BCUT2D eigenvalue weighted by Gasteiger charge is 2.35. The molecule has 1 aliphatic carbocycles. The Hall–Kier alpha value is -1.95. The van der Waals surface area contributed by atoms with Crippen molar-refractivity contribution >= 4 is 17.5 Å². The second-order valence-corrected chi connectivity index (χ2v) is 5.20. The van der Waals surface area contributed by atoms with Crippen LogP contribution in [0, 0.1) is 12.7 Å². The zero-order valence-electron chi connectivity index (χ0n) is 11.2. The van der Waals surface area contributed by atoms with Crippen molar-refractivity contribution in [2.75, 3.05) is 11.9 Å². The molecular weight excluding hydrogens is 263 g/mol. The van der Waals surface area contributed by atoms with E-state index in [0.29, 0.717) is 12.8 Å². The molecule has 0 spiro atoms. The average molecular weight is 280 g/mol. The fourth-order valence-corrected chi connectivity index (χ4v) is 1.99. The molecule has 0 unspecified atom stereocenters. The van der Waals surface area contributed by atoms with Gasteiger partial charge in [-0.25, -0.2) is 4.39 Å². The van der Waals surface area contributed by atoms with Gasteiger partial charge in [0.2, 0.25) is 0 Å². The molecule has 0 saturated heterocycles. The largest absolute Gasteiger partial charge is 0.388 e. The molecule has 0 radical (unpaired) electrons. The highest BCUT2D eigenvalue weighted by Crippen LogP contribution is 2.30. The highest BCUT2D eigenvalue weighted by atomic mass is 19.1. The quantitative estimate of drug-likeness (QED) is 0.726. The first-order valence-electron chi connectivity index (χ1n) is 6.47. The molecule has 1 aromatic carbocycles. The van der Waals surface area contributed by atoms with Gasteiger partial charge in [0.1, 0.15) is 5.82 Å². The number of nitrogens with one attached hydrogen (secondary N) is 2. The first kappa shape index (κ1) is 14.5. The summed E-state index contributed by atoms with van der Waals surface area (Å²) in [5.74, 6) is -2.43. The summed E-state index contributed by atoms with van der Waals surface area (Å²) in [5, 5.41) is 14.4. The van der Waals surface area contributed by atoms with Gasteiger partial charge in [-0.15, -0.1) is 0 Å². The number of hydrogen-bond donors (Lipinski definition) is 3. The Morgan fingerprint density at radius 3 is 2.60 bits per heavy atom. The number of rotatable bonds is 3. The molecule has 0 heterocycles. The smallest absolute Gasteiger partial charge is 0.313 e. The molecule has 0 atom stereocenters. The number of carbonyl (C=O) groups is 2. The van der Waals surface area contributed by atoms with Crippen molar-refractivity contribution in [2.24, 2.45) is 0 Å². The van der Waals surface area contributed by atoms with Crippen molar-refractivity contribution in [3.8, 4) is 0 Å². The Bertz CT molecular complexity index is 541. The number of benzene rings is 1. The predicted octanol–water partition coefficient (Wildman–Crippen LogP) is 1.10. The van der Waals surface area contributed by atoms with Crippen molar-refractivity contribution < 1.29 is 19.1 Å². The number of halogens is 1. The van der Waals surface area contributed by atoms with Gasteiger partial charge in [0, 0.05) is 6.54 Å². The van der Waals surface area contributed by atoms with Crippen molar-refractivity contribution in [1.29, 1.82) is 0 Å². The third kappa shape index (κ3) is 3.33. The molecule has 1 saturated carbocycles. The summed E-state index contributed by atoms with van der Waals surface area (Å²) >= 11 is 0. The van der Waals surface area contributed by atoms with Crippen LogP contribution in [0.15, 0.2) is 18.2 Å². The maximum absolute atomic E-state index is 13.5. The number of aryl methyl sites for hydroxylation is 1. The first-order valence-corrected chi connectivity index (χ1v) is 6.47. The Labute approximate surface area is 116 Å². The van der Waals surface area contributed by atoms with Crippen LogP contribution < -0.4 is 10.6 Å². The van der Waals surface area contributed by atoms with Gasteiger partial charge in [-0.1, -0.05) is 6.07 Å². The molecule has 20 heavy (non-hydrogen) atoms. The summed E-state index contributed by atoms with van der Waals surface area (Å²) in [6, 6.07) is 4.30. The van der Waals surface area contributed by atoms with Crippen LogP contribution in [-0.4, -0.2) is 29.1 Å². The fraction of sp³-hybridized carbons (Fsp3) is 0.429. The lowest BCUT2D eigenvalue weighted by atomic mass is 9.80. The van der Waals surface area contributed by atoms with Crippen LogP contribution >= 0.6 is 0 Å². The number of aliphatic hydroxyl groups is 1. The molecule has 2 rings (SSSR count). The third-order valence-corrected chi connectivity index (χ3v) is 3.44. The van der Waals surface area contributed by atoms with Gasteiger partial charge in [0.05, 0.1) is 11.3 Å². The maximum Gasteiger partial charge on any atom is 0.313 e. The molecule has 5 nitrogen and oxygen atoms in total. The topological polar surface area (TPSA) is 78.4 Å². The van der Waals surface area contributed by atoms with E-state index in [0.717, 1.165) is 12.0 Å². The van der Waals surface area contributed by atoms with Gasteiger partial charge in [0.25, 0.3) is 0 Å². The molecule has 1 aliphatic rings. The van der Waals surface area contributed by atoms with Crippen LogP contribution in [0.1, 0.15) is 24.8 Å². The van der Waals surface area contributed by atoms with Gasteiger partial charge in [-0.3, -0.25) is 9.59 Å². The fourth-order valence-electron chi connectivity index (χ4n) is 1.99. The summed E-state index contributed by atoms with van der Waals surface area (Å²) in [4.78, 5) is 23.2. The van der Waals surface area contributed by atoms with Gasteiger partial charge in [0.15, 0.2) is 0 Å². The van der Waals surface area contributed by atoms with Crippen molar-refractivity contribution in [3.05, 3.63) is 29.6 Å². The van der Waals surface area contributed by atoms with Crippen LogP contribution in [-0.2, 0) is 9.59 Å². The predicted molar refractivity (Wildman–Crippen MR) is 71.6 cm³/mol. The molecule has 2 amide bonds. The number of anilines is 1. The highest BCUT2D eigenvalue weighted by molar-refractivity contribution is 6.39. The van der Waals surface area contributed by atoms with E-state index in [9.17, 15) is 19.1 Å². The summed E-state index contributed by atoms with van der Waals surface area (Å²) in [7, 11) is 0. The van der Waals surface area contributed by atoms with Crippen molar-refractivity contribution in [1.82, 2.24) is 5.32 Å². The third-order valence-electron chi connectivity index (χ3n) is 3.44. The van der Waals surface area contributed by atoms with Crippen molar-refractivity contribution in [2.45, 2.75) is 31.8 Å².